The summed E-state index contributed by atoms with van der Waals surface area (Å²) in [5, 5.41) is 2.92. The first kappa shape index (κ1) is 21.5. The van der Waals surface area contributed by atoms with E-state index >= 15 is 0 Å². The van der Waals surface area contributed by atoms with E-state index in [-0.39, 0.29) is 21.7 Å². The summed E-state index contributed by atoms with van der Waals surface area (Å²) in [4.78, 5) is 4.49. The van der Waals surface area contributed by atoms with Crippen LogP contribution in [0.4, 0.5) is 5.88 Å². The maximum atomic E-state index is 13.3. The highest BCUT2D eigenvalue weighted by atomic mass is 32.2. The van der Waals surface area contributed by atoms with Crippen molar-refractivity contribution in [3.8, 4) is 23.0 Å². The Balaban J connectivity index is 1.71. The summed E-state index contributed by atoms with van der Waals surface area (Å²) >= 11 is 0. The van der Waals surface area contributed by atoms with E-state index < -0.39 is 9.84 Å². The van der Waals surface area contributed by atoms with Crippen LogP contribution in [0, 0.1) is 0 Å². The second-order valence-corrected chi connectivity index (χ2v) is 8.76. The number of rotatable bonds is 8. The molecule has 0 amide bonds. The van der Waals surface area contributed by atoms with Crippen molar-refractivity contribution in [2.45, 2.75) is 16.5 Å². The van der Waals surface area contributed by atoms with Crippen LogP contribution < -0.4 is 14.8 Å². The van der Waals surface area contributed by atoms with Gasteiger partial charge in [0.2, 0.25) is 26.6 Å². The highest BCUT2D eigenvalue weighted by Crippen LogP contribution is 2.33. The minimum absolute atomic E-state index is 0.0792. The number of benzene rings is 3. The van der Waals surface area contributed by atoms with E-state index in [0.29, 0.717) is 17.9 Å². The number of hydrogen-bond donors (Lipinski definition) is 1. The van der Waals surface area contributed by atoms with Crippen molar-refractivity contribution in [2.75, 3.05) is 19.5 Å². The molecule has 8 heteroatoms. The molecule has 0 unspecified atom stereocenters. The monoisotopic (exact) mass is 450 g/mol. The molecule has 0 atom stereocenters. The van der Waals surface area contributed by atoms with E-state index in [2.05, 4.69) is 10.3 Å². The van der Waals surface area contributed by atoms with Crippen LogP contribution in [-0.2, 0) is 16.4 Å². The van der Waals surface area contributed by atoms with Gasteiger partial charge in [0.15, 0.2) is 0 Å². The lowest BCUT2D eigenvalue weighted by atomic mass is 10.2. The van der Waals surface area contributed by atoms with Crippen molar-refractivity contribution in [1.82, 2.24) is 4.98 Å². The van der Waals surface area contributed by atoms with Crippen molar-refractivity contribution in [1.29, 1.82) is 0 Å². The molecule has 0 fully saturated rings. The Morgan fingerprint density at radius 1 is 0.844 bits per heavy atom. The molecular weight excluding hydrogens is 428 g/mol. The van der Waals surface area contributed by atoms with E-state index in [1.165, 1.54) is 12.1 Å². The summed E-state index contributed by atoms with van der Waals surface area (Å²) < 4.78 is 42.8. The predicted octanol–water partition coefficient (Wildman–Crippen LogP) is 4.80. The lowest BCUT2D eigenvalue weighted by Crippen LogP contribution is -2.07. The van der Waals surface area contributed by atoms with Gasteiger partial charge in [-0.25, -0.2) is 8.42 Å². The molecule has 7 nitrogen and oxygen atoms in total. The van der Waals surface area contributed by atoms with Gasteiger partial charge in [-0.3, -0.25) is 0 Å². The van der Waals surface area contributed by atoms with Crippen molar-refractivity contribution >= 4 is 15.7 Å². The van der Waals surface area contributed by atoms with Gasteiger partial charge in [-0.2, -0.15) is 4.98 Å². The molecule has 0 aliphatic carbocycles. The molecule has 3 aromatic carbocycles. The molecule has 0 aliphatic heterocycles. The van der Waals surface area contributed by atoms with E-state index in [4.69, 9.17) is 13.9 Å². The summed E-state index contributed by atoms with van der Waals surface area (Å²) in [6.45, 7) is 0.346. The number of methoxy groups -OCH3 is 2. The number of anilines is 1. The molecule has 32 heavy (non-hydrogen) atoms. The van der Waals surface area contributed by atoms with E-state index in [1.54, 1.807) is 56.7 Å². The van der Waals surface area contributed by atoms with Crippen LogP contribution in [0.1, 0.15) is 5.56 Å². The standard InChI is InChI=1S/C24H22N2O5S/c1-29-19-12-8-17(9-13-19)16-25-23-24(32(27,28)21-6-4-3-5-7-21)26-22(31-23)18-10-14-20(30-2)15-11-18/h3-15,25H,16H2,1-2H3. The minimum Gasteiger partial charge on any atom is -0.497 e. The summed E-state index contributed by atoms with van der Waals surface area (Å²) in [5.41, 5.74) is 1.56. The minimum atomic E-state index is -3.90. The largest absolute Gasteiger partial charge is 0.497 e. The fourth-order valence-corrected chi connectivity index (χ4v) is 4.39. The van der Waals surface area contributed by atoms with Crippen LogP contribution in [0.25, 0.3) is 11.5 Å². The summed E-state index contributed by atoms with van der Waals surface area (Å²) in [6, 6.07) is 22.6. The van der Waals surface area contributed by atoms with Gasteiger partial charge in [-0.1, -0.05) is 30.3 Å². The van der Waals surface area contributed by atoms with Crippen LogP contribution in [0.3, 0.4) is 0 Å². The van der Waals surface area contributed by atoms with E-state index in [0.717, 1.165) is 11.3 Å². The van der Waals surface area contributed by atoms with Crippen LogP contribution in [-0.4, -0.2) is 27.6 Å². The van der Waals surface area contributed by atoms with Gasteiger partial charge < -0.3 is 19.2 Å². The van der Waals surface area contributed by atoms with Gasteiger partial charge in [0.05, 0.1) is 19.1 Å². The zero-order chi connectivity index (χ0) is 22.6. The average molecular weight is 451 g/mol. The van der Waals surface area contributed by atoms with Crippen LogP contribution in [0.15, 0.2) is 93.2 Å². The Bertz CT molecular complexity index is 1280. The lowest BCUT2D eigenvalue weighted by molar-refractivity contribution is 0.414. The Morgan fingerprint density at radius 2 is 1.44 bits per heavy atom. The third-order valence-electron chi connectivity index (χ3n) is 4.85. The molecule has 1 N–H and O–H groups in total. The molecule has 0 saturated carbocycles. The number of sulfone groups is 1. The van der Waals surface area contributed by atoms with Gasteiger partial charge >= 0.3 is 0 Å². The molecule has 0 aliphatic rings. The number of hydrogen-bond acceptors (Lipinski definition) is 7. The lowest BCUT2D eigenvalue weighted by Gasteiger charge is -2.07. The maximum Gasteiger partial charge on any atom is 0.234 e. The fourth-order valence-electron chi connectivity index (χ4n) is 3.09. The molecule has 0 spiro atoms. The average Bonchev–Trinajstić information content (AvgIpc) is 3.29. The van der Waals surface area contributed by atoms with Crippen LogP contribution in [0.5, 0.6) is 11.5 Å². The van der Waals surface area contributed by atoms with Gasteiger partial charge in [0.1, 0.15) is 11.5 Å². The number of nitrogens with zero attached hydrogens (tertiary/aromatic N) is 1. The number of ether oxygens (including phenoxy) is 2. The van der Waals surface area contributed by atoms with E-state index in [9.17, 15) is 8.42 Å². The topological polar surface area (TPSA) is 90.7 Å². The molecule has 4 rings (SSSR count). The predicted molar refractivity (Wildman–Crippen MR) is 121 cm³/mol. The van der Waals surface area contributed by atoms with Crippen molar-refractivity contribution < 1.29 is 22.3 Å². The van der Waals surface area contributed by atoms with Gasteiger partial charge in [-0.05, 0) is 54.1 Å². The molecule has 4 aromatic rings. The number of oxazole rings is 1. The molecular formula is C24H22N2O5S. The van der Waals surface area contributed by atoms with Gasteiger partial charge in [-0.15, -0.1) is 0 Å². The molecule has 1 heterocycles. The first-order valence-corrected chi connectivity index (χ1v) is 11.3. The Morgan fingerprint density at radius 3 is 2.03 bits per heavy atom. The highest BCUT2D eigenvalue weighted by molar-refractivity contribution is 7.91. The Hall–Kier alpha value is -3.78. The van der Waals surface area contributed by atoms with Crippen molar-refractivity contribution in [3.63, 3.8) is 0 Å². The molecule has 164 valence electrons. The second kappa shape index (κ2) is 9.15. The van der Waals surface area contributed by atoms with Gasteiger partial charge in [0.25, 0.3) is 0 Å². The third kappa shape index (κ3) is 4.45. The summed E-state index contributed by atoms with van der Waals surface area (Å²) in [5.74, 6) is 1.69. The maximum absolute atomic E-state index is 13.3. The summed E-state index contributed by atoms with van der Waals surface area (Å²) in [7, 11) is -0.721. The first-order valence-electron chi connectivity index (χ1n) is 9.83. The van der Waals surface area contributed by atoms with Crippen LogP contribution >= 0.6 is 0 Å². The van der Waals surface area contributed by atoms with E-state index in [1.807, 2.05) is 24.3 Å². The quantitative estimate of drug-likeness (QED) is 0.412. The fraction of sp³-hybridized carbons (Fsp3) is 0.125. The molecule has 0 radical (unpaired) electrons. The van der Waals surface area contributed by atoms with Crippen LogP contribution in [0.2, 0.25) is 0 Å². The normalized spacial score (nSPS) is 11.2. The zero-order valence-electron chi connectivity index (χ0n) is 17.6. The second-order valence-electron chi connectivity index (χ2n) is 6.90. The Labute approximate surface area is 186 Å². The van der Waals surface area contributed by atoms with Crippen molar-refractivity contribution in [3.05, 3.63) is 84.4 Å². The zero-order valence-corrected chi connectivity index (χ0v) is 18.4. The molecule has 0 saturated heterocycles. The first-order chi connectivity index (χ1) is 15.5. The number of aromatic nitrogens is 1. The highest BCUT2D eigenvalue weighted by Gasteiger charge is 2.28. The molecule has 0 bridgehead atoms. The van der Waals surface area contributed by atoms with Crippen molar-refractivity contribution in [2.24, 2.45) is 0 Å². The Kier molecular flexibility index (Phi) is 6.13. The smallest absolute Gasteiger partial charge is 0.234 e. The number of nitrogens with one attached hydrogen (secondary N) is 1. The SMILES string of the molecule is COc1ccc(CNc2oc(-c3ccc(OC)cc3)nc2S(=O)(=O)c2ccccc2)cc1. The third-order valence-corrected chi connectivity index (χ3v) is 6.53. The van der Waals surface area contributed by atoms with Gasteiger partial charge in [0, 0.05) is 12.1 Å². The summed E-state index contributed by atoms with van der Waals surface area (Å²) in [6.07, 6.45) is 0. The molecule has 1 aromatic heterocycles.